The normalized spacial score (nSPS) is 11.0. The first-order chi connectivity index (χ1) is 10.7. The predicted molar refractivity (Wildman–Crippen MR) is 89.3 cm³/mol. The summed E-state index contributed by atoms with van der Waals surface area (Å²) in [7, 11) is 0. The van der Waals surface area contributed by atoms with Gasteiger partial charge in [0.05, 0.1) is 6.61 Å². The number of fused-ring (bicyclic) bond motifs is 1. The first kappa shape index (κ1) is 15.5. The molecule has 5 nitrogen and oxygen atoms in total. The Hall–Kier alpha value is -1.38. The van der Waals surface area contributed by atoms with E-state index >= 15 is 0 Å². The van der Waals surface area contributed by atoms with Crippen molar-refractivity contribution in [2.75, 3.05) is 6.61 Å². The largest absolute Gasteiger partial charge is 0.460 e. The molecule has 3 rings (SSSR count). The summed E-state index contributed by atoms with van der Waals surface area (Å²) in [6.07, 6.45) is 0. The van der Waals surface area contributed by atoms with Crippen LogP contribution in [0.1, 0.15) is 23.0 Å². The molecule has 0 saturated heterocycles. The molecule has 3 aromatic rings. The van der Waals surface area contributed by atoms with E-state index in [4.69, 9.17) is 9.15 Å². The lowest BCUT2D eigenvalue weighted by Gasteiger charge is -2.02. The van der Waals surface area contributed by atoms with Gasteiger partial charge < -0.3 is 9.15 Å². The number of halogens is 1. The first-order valence-electron chi connectivity index (χ1n) is 6.46. The third kappa shape index (κ3) is 3.18. The number of thioether (sulfide) groups is 1. The van der Waals surface area contributed by atoms with Gasteiger partial charge in [0.2, 0.25) is 5.76 Å². The van der Waals surface area contributed by atoms with Crippen molar-refractivity contribution in [1.82, 2.24) is 10.2 Å². The van der Waals surface area contributed by atoms with Crippen molar-refractivity contribution < 1.29 is 13.9 Å². The van der Waals surface area contributed by atoms with Gasteiger partial charge in [-0.3, -0.25) is 0 Å². The Kier molecular flexibility index (Phi) is 4.80. The van der Waals surface area contributed by atoms with Crippen molar-refractivity contribution in [3.8, 4) is 0 Å². The molecule has 114 valence electrons. The van der Waals surface area contributed by atoms with Gasteiger partial charge in [-0.2, -0.15) is 0 Å². The number of nitrogens with zero attached hydrogens (tertiary/aromatic N) is 2. The Balaban J connectivity index is 2.00. The van der Waals surface area contributed by atoms with Crippen molar-refractivity contribution in [3.05, 3.63) is 39.5 Å². The fourth-order valence-electron chi connectivity index (χ4n) is 1.99. The molecule has 1 aromatic carbocycles. The SMILES string of the molecule is CCOC(=O)c1oc2ccc(Br)cc2c1CSc1nncs1. The summed E-state index contributed by atoms with van der Waals surface area (Å²) in [5.41, 5.74) is 3.16. The molecule has 0 aliphatic heterocycles. The van der Waals surface area contributed by atoms with E-state index < -0.39 is 5.97 Å². The van der Waals surface area contributed by atoms with Crippen LogP contribution in [0.25, 0.3) is 11.0 Å². The zero-order chi connectivity index (χ0) is 15.5. The minimum atomic E-state index is -0.442. The van der Waals surface area contributed by atoms with Crippen LogP contribution in [0.4, 0.5) is 0 Å². The van der Waals surface area contributed by atoms with Gasteiger partial charge in [-0.1, -0.05) is 39.0 Å². The maximum atomic E-state index is 12.1. The van der Waals surface area contributed by atoms with Gasteiger partial charge >= 0.3 is 5.97 Å². The smallest absolute Gasteiger partial charge is 0.374 e. The van der Waals surface area contributed by atoms with E-state index in [0.717, 1.165) is 19.8 Å². The Labute approximate surface area is 143 Å². The van der Waals surface area contributed by atoms with E-state index in [-0.39, 0.29) is 5.76 Å². The van der Waals surface area contributed by atoms with Crippen molar-refractivity contribution in [2.24, 2.45) is 0 Å². The number of esters is 1. The third-order valence-corrected chi connectivity index (χ3v) is 5.27. The topological polar surface area (TPSA) is 65.2 Å². The van der Waals surface area contributed by atoms with Gasteiger partial charge in [0.1, 0.15) is 11.1 Å². The maximum absolute atomic E-state index is 12.1. The minimum Gasteiger partial charge on any atom is -0.460 e. The molecule has 22 heavy (non-hydrogen) atoms. The van der Waals surface area contributed by atoms with Crippen molar-refractivity contribution >= 4 is 56.0 Å². The molecule has 0 bridgehead atoms. The Morgan fingerprint density at radius 2 is 2.36 bits per heavy atom. The summed E-state index contributed by atoms with van der Waals surface area (Å²) >= 11 is 6.43. The lowest BCUT2D eigenvalue weighted by Crippen LogP contribution is -2.05. The molecule has 0 atom stereocenters. The van der Waals surface area contributed by atoms with Crippen molar-refractivity contribution in [1.29, 1.82) is 0 Å². The predicted octanol–water partition coefficient (Wildman–Crippen LogP) is 4.52. The molecule has 0 aliphatic carbocycles. The number of carbonyl (C=O) groups is 1. The number of rotatable bonds is 5. The van der Waals surface area contributed by atoms with Gasteiger partial charge in [-0.15, -0.1) is 10.2 Å². The molecule has 8 heteroatoms. The van der Waals surface area contributed by atoms with E-state index in [1.807, 2.05) is 18.2 Å². The van der Waals surface area contributed by atoms with Gasteiger partial charge in [0.25, 0.3) is 0 Å². The van der Waals surface area contributed by atoms with Gasteiger partial charge in [0, 0.05) is 21.2 Å². The molecule has 0 amide bonds. The first-order valence-corrected chi connectivity index (χ1v) is 9.12. The summed E-state index contributed by atoms with van der Waals surface area (Å²) < 4.78 is 12.6. The van der Waals surface area contributed by atoms with Gasteiger partial charge in [-0.05, 0) is 25.1 Å². The number of aromatic nitrogens is 2. The zero-order valence-electron chi connectivity index (χ0n) is 11.5. The molecule has 2 aromatic heterocycles. The number of carbonyl (C=O) groups excluding carboxylic acids is 1. The van der Waals surface area contributed by atoms with Crippen LogP contribution in [0.15, 0.2) is 36.9 Å². The average Bonchev–Trinajstić information content (AvgIpc) is 3.12. The summed E-state index contributed by atoms with van der Waals surface area (Å²) in [6.45, 7) is 2.08. The Morgan fingerprint density at radius 3 is 3.09 bits per heavy atom. The highest BCUT2D eigenvalue weighted by Crippen LogP contribution is 2.34. The number of furan rings is 1. The second kappa shape index (κ2) is 6.80. The van der Waals surface area contributed by atoms with Crippen LogP contribution < -0.4 is 0 Å². The van der Waals surface area contributed by atoms with Crippen LogP contribution in [0.5, 0.6) is 0 Å². The minimum absolute atomic E-state index is 0.256. The molecule has 0 unspecified atom stereocenters. The summed E-state index contributed by atoms with van der Waals surface area (Å²) in [5.74, 6) is 0.377. The van der Waals surface area contributed by atoms with E-state index in [2.05, 4.69) is 26.1 Å². The number of hydrogen-bond acceptors (Lipinski definition) is 7. The average molecular weight is 399 g/mol. The second-order valence-corrected chi connectivity index (χ2v) is 7.24. The molecular formula is C14H11BrN2O3S2. The molecule has 0 saturated carbocycles. The van der Waals surface area contributed by atoms with E-state index in [1.54, 1.807) is 12.4 Å². The summed E-state index contributed by atoms with van der Waals surface area (Å²) in [6, 6.07) is 5.65. The monoisotopic (exact) mass is 398 g/mol. The third-order valence-electron chi connectivity index (χ3n) is 2.89. The molecule has 2 heterocycles. The second-order valence-electron chi connectivity index (χ2n) is 4.26. The van der Waals surface area contributed by atoms with E-state index in [9.17, 15) is 4.79 Å². The van der Waals surface area contributed by atoms with Crippen LogP contribution in [0, 0.1) is 0 Å². The van der Waals surface area contributed by atoms with Gasteiger partial charge in [-0.25, -0.2) is 4.79 Å². The number of benzene rings is 1. The molecule has 0 aliphatic rings. The highest BCUT2D eigenvalue weighted by Gasteiger charge is 2.22. The zero-order valence-corrected chi connectivity index (χ0v) is 14.8. The highest BCUT2D eigenvalue weighted by molar-refractivity contribution is 9.10. The summed E-state index contributed by atoms with van der Waals surface area (Å²) in [4.78, 5) is 12.1. The molecule has 0 spiro atoms. The van der Waals surface area contributed by atoms with E-state index in [1.165, 1.54) is 23.1 Å². The molecular weight excluding hydrogens is 388 g/mol. The van der Waals surface area contributed by atoms with Crippen LogP contribution in [0.3, 0.4) is 0 Å². The fraction of sp³-hybridized carbons (Fsp3) is 0.214. The van der Waals surface area contributed by atoms with E-state index in [0.29, 0.717) is 17.9 Å². The van der Waals surface area contributed by atoms with Crippen molar-refractivity contribution in [2.45, 2.75) is 17.0 Å². The Morgan fingerprint density at radius 1 is 1.50 bits per heavy atom. The van der Waals surface area contributed by atoms with Gasteiger partial charge in [0.15, 0.2) is 4.34 Å². The lowest BCUT2D eigenvalue weighted by molar-refractivity contribution is 0.0491. The van der Waals surface area contributed by atoms with Crippen LogP contribution in [-0.4, -0.2) is 22.8 Å². The number of ether oxygens (including phenoxy) is 1. The molecule has 0 radical (unpaired) electrons. The standard InChI is InChI=1S/C14H11BrN2O3S2/c1-2-19-13(18)12-10(6-21-14-17-16-7-22-14)9-5-8(15)3-4-11(9)20-12/h3-5,7H,2,6H2,1H3. The van der Waals surface area contributed by atoms with Crippen LogP contribution in [0.2, 0.25) is 0 Å². The number of hydrogen-bond donors (Lipinski definition) is 0. The van der Waals surface area contributed by atoms with Crippen LogP contribution in [-0.2, 0) is 10.5 Å². The molecule has 0 N–H and O–H groups in total. The highest BCUT2D eigenvalue weighted by atomic mass is 79.9. The lowest BCUT2D eigenvalue weighted by atomic mass is 10.1. The van der Waals surface area contributed by atoms with Crippen LogP contribution >= 0.6 is 39.0 Å². The molecule has 0 fully saturated rings. The fourth-order valence-corrected chi connectivity index (χ4v) is 3.86. The summed E-state index contributed by atoms with van der Waals surface area (Å²) in [5, 5.41) is 8.71. The Bertz CT molecular complexity index is 802. The maximum Gasteiger partial charge on any atom is 0.374 e. The quantitative estimate of drug-likeness (QED) is 0.465. The van der Waals surface area contributed by atoms with Crippen molar-refractivity contribution in [3.63, 3.8) is 0 Å².